The lowest BCUT2D eigenvalue weighted by Crippen LogP contribution is -2.25. The van der Waals surface area contributed by atoms with Crippen molar-refractivity contribution >= 4 is 28.8 Å². The lowest BCUT2D eigenvalue weighted by atomic mass is 10.3. The van der Waals surface area contributed by atoms with E-state index in [0.29, 0.717) is 0 Å². The number of carbonyl (C=O) groups is 1. The van der Waals surface area contributed by atoms with Gasteiger partial charge in [0.05, 0.1) is 5.71 Å². The van der Waals surface area contributed by atoms with E-state index in [-0.39, 0.29) is 6.03 Å². The van der Waals surface area contributed by atoms with Crippen LogP contribution in [0.25, 0.3) is 0 Å². The second kappa shape index (κ2) is 5.97. The van der Waals surface area contributed by atoms with Crippen LogP contribution >= 0.6 is 11.3 Å². The Morgan fingerprint density at radius 1 is 1.17 bits per heavy atom. The molecule has 2 amide bonds. The molecule has 0 unspecified atom stereocenters. The maximum Gasteiger partial charge on any atom is 0.339 e. The van der Waals surface area contributed by atoms with E-state index >= 15 is 0 Å². The summed E-state index contributed by atoms with van der Waals surface area (Å²) in [6, 6.07) is 12.8. The fraction of sp³-hybridized carbons (Fsp3) is 0.0769. The van der Waals surface area contributed by atoms with E-state index in [2.05, 4.69) is 15.8 Å². The largest absolute Gasteiger partial charge is 0.339 e. The number of thiophene rings is 1. The van der Waals surface area contributed by atoms with Gasteiger partial charge in [0, 0.05) is 10.6 Å². The van der Waals surface area contributed by atoms with Crippen molar-refractivity contribution in [2.75, 3.05) is 5.32 Å². The molecule has 18 heavy (non-hydrogen) atoms. The number of hydrogen-bond acceptors (Lipinski definition) is 3. The zero-order chi connectivity index (χ0) is 12.8. The van der Waals surface area contributed by atoms with Gasteiger partial charge in [-0.1, -0.05) is 24.3 Å². The molecule has 4 nitrogen and oxygen atoms in total. The second-order valence-corrected chi connectivity index (χ2v) is 4.55. The Hall–Kier alpha value is -2.14. The maximum absolute atomic E-state index is 11.6. The predicted molar refractivity (Wildman–Crippen MR) is 75.1 cm³/mol. The standard InChI is InChI=1S/C13H13N3OS/c1-10(12-8-5-9-18-12)15-16-13(17)14-11-6-3-2-4-7-11/h2-9H,1H3,(H2,14,16,17)/b15-10-. The third-order valence-corrected chi connectivity index (χ3v) is 3.21. The Labute approximate surface area is 109 Å². The van der Waals surface area contributed by atoms with E-state index in [4.69, 9.17) is 0 Å². The molecule has 1 aromatic carbocycles. The molecule has 2 N–H and O–H groups in total. The number of hydrazone groups is 1. The van der Waals surface area contributed by atoms with Gasteiger partial charge in [-0.3, -0.25) is 0 Å². The van der Waals surface area contributed by atoms with Crippen molar-refractivity contribution in [3.63, 3.8) is 0 Å². The highest BCUT2D eigenvalue weighted by Gasteiger charge is 2.01. The SMILES string of the molecule is C/C(=N/NC(=O)Nc1ccccc1)c1cccs1. The molecule has 1 heterocycles. The molecule has 0 aliphatic rings. The first-order chi connectivity index (χ1) is 8.75. The first kappa shape index (κ1) is 12.3. The average Bonchev–Trinajstić information content (AvgIpc) is 2.91. The number of carbonyl (C=O) groups excluding carboxylic acids is 1. The van der Waals surface area contributed by atoms with Gasteiger partial charge >= 0.3 is 6.03 Å². The summed E-state index contributed by atoms with van der Waals surface area (Å²) in [5, 5.41) is 8.69. The molecule has 0 fully saturated rings. The topological polar surface area (TPSA) is 53.5 Å². The molecule has 0 radical (unpaired) electrons. The van der Waals surface area contributed by atoms with E-state index in [9.17, 15) is 4.79 Å². The number of urea groups is 1. The van der Waals surface area contributed by atoms with E-state index in [0.717, 1.165) is 16.3 Å². The molecule has 0 atom stereocenters. The molecule has 0 aliphatic heterocycles. The summed E-state index contributed by atoms with van der Waals surface area (Å²) in [4.78, 5) is 12.6. The van der Waals surface area contributed by atoms with Gasteiger partial charge in [-0.25, -0.2) is 10.2 Å². The van der Waals surface area contributed by atoms with Crippen molar-refractivity contribution in [1.29, 1.82) is 0 Å². The molecule has 2 rings (SSSR count). The van der Waals surface area contributed by atoms with Gasteiger partial charge in [-0.15, -0.1) is 11.3 Å². The van der Waals surface area contributed by atoms with Crippen molar-refractivity contribution in [3.8, 4) is 0 Å². The third kappa shape index (κ3) is 3.43. The Morgan fingerprint density at radius 2 is 1.94 bits per heavy atom. The number of benzene rings is 1. The van der Waals surface area contributed by atoms with Gasteiger partial charge in [0.1, 0.15) is 0 Å². The fourth-order valence-corrected chi connectivity index (χ4v) is 2.03. The van der Waals surface area contributed by atoms with E-state index in [1.165, 1.54) is 0 Å². The fourth-order valence-electron chi connectivity index (χ4n) is 1.35. The highest BCUT2D eigenvalue weighted by molar-refractivity contribution is 7.12. The third-order valence-electron chi connectivity index (χ3n) is 2.23. The monoisotopic (exact) mass is 259 g/mol. The summed E-state index contributed by atoms with van der Waals surface area (Å²) < 4.78 is 0. The van der Waals surface area contributed by atoms with E-state index in [1.54, 1.807) is 11.3 Å². The number of rotatable bonds is 3. The molecule has 1 aromatic heterocycles. The van der Waals surface area contributed by atoms with Crippen LogP contribution in [0.4, 0.5) is 10.5 Å². The molecular formula is C13H13N3OS. The van der Waals surface area contributed by atoms with Gasteiger partial charge in [0.25, 0.3) is 0 Å². The normalized spacial score (nSPS) is 11.1. The molecule has 0 bridgehead atoms. The lowest BCUT2D eigenvalue weighted by molar-refractivity contribution is 0.252. The summed E-state index contributed by atoms with van der Waals surface area (Å²) in [5.74, 6) is 0. The van der Waals surface area contributed by atoms with Crippen LogP contribution in [0.1, 0.15) is 11.8 Å². The van der Waals surface area contributed by atoms with Gasteiger partial charge in [0.15, 0.2) is 0 Å². The minimum atomic E-state index is -0.350. The van der Waals surface area contributed by atoms with Crippen LogP contribution in [-0.2, 0) is 0 Å². The van der Waals surface area contributed by atoms with Crippen LogP contribution in [0.5, 0.6) is 0 Å². The number of anilines is 1. The number of nitrogens with one attached hydrogen (secondary N) is 2. The van der Waals surface area contributed by atoms with Crippen molar-refractivity contribution in [1.82, 2.24) is 5.43 Å². The van der Waals surface area contributed by atoms with Crippen LogP contribution in [0, 0.1) is 0 Å². The van der Waals surface area contributed by atoms with Crippen molar-refractivity contribution in [3.05, 3.63) is 52.7 Å². The molecule has 2 aromatic rings. The summed E-state index contributed by atoms with van der Waals surface area (Å²) in [7, 11) is 0. The summed E-state index contributed by atoms with van der Waals surface area (Å²) in [6.07, 6.45) is 0. The molecule has 0 saturated carbocycles. The highest BCUT2D eigenvalue weighted by Crippen LogP contribution is 2.09. The van der Waals surface area contributed by atoms with Gasteiger partial charge in [0.2, 0.25) is 0 Å². The van der Waals surface area contributed by atoms with Crippen LogP contribution < -0.4 is 10.7 Å². The summed E-state index contributed by atoms with van der Waals surface area (Å²) in [5.41, 5.74) is 3.98. The maximum atomic E-state index is 11.6. The highest BCUT2D eigenvalue weighted by atomic mass is 32.1. The first-order valence-electron chi connectivity index (χ1n) is 5.46. The smallest absolute Gasteiger partial charge is 0.307 e. The second-order valence-electron chi connectivity index (χ2n) is 3.61. The average molecular weight is 259 g/mol. The molecule has 0 saturated heterocycles. The lowest BCUT2D eigenvalue weighted by Gasteiger charge is -2.04. The Kier molecular flexibility index (Phi) is 4.09. The molecule has 0 spiro atoms. The van der Waals surface area contributed by atoms with Crippen molar-refractivity contribution < 1.29 is 4.79 Å². The van der Waals surface area contributed by atoms with Crippen LogP contribution in [0.3, 0.4) is 0 Å². The molecule has 5 heteroatoms. The van der Waals surface area contributed by atoms with E-state index in [1.807, 2.05) is 54.8 Å². The summed E-state index contributed by atoms with van der Waals surface area (Å²) in [6.45, 7) is 1.86. The number of para-hydroxylation sites is 1. The van der Waals surface area contributed by atoms with E-state index < -0.39 is 0 Å². The Morgan fingerprint density at radius 3 is 2.61 bits per heavy atom. The van der Waals surface area contributed by atoms with Gasteiger partial charge < -0.3 is 5.32 Å². The zero-order valence-electron chi connectivity index (χ0n) is 9.88. The van der Waals surface area contributed by atoms with Crippen molar-refractivity contribution in [2.45, 2.75) is 6.92 Å². The molecule has 0 aliphatic carbocycles. The zero-order valence-corrected chi connectivity index (χ0v) is 10.7. The van der Waals surface area contributed by atoms with Gasteiger partial charge in [-0.2, -0.15) is 5.10 Å². The first-order valence-corrected chi connectivity index (χ1v) is 6.34. The Balaban J connectivity index is 1.91. The predicted octanol–water partition coefficient (Wildman–Crippen LogP) is 3.29. The minimum absolute atomic E-state index is 0.350. The molecular weight excluding hydrogens is 246 g/mol. The minimum Gasteiger partial charge on any atom is -0.307 e. The quantitative estimate of drug-likeness (QED) is 0.645. The molecule has 92 valence electrons. The summed E-state index contributed by atoms with van der Waals surface area (Å²) >= 11 is 1.58. The van der Waals surface area contributed by atoms with Crippen LogP contribution in [0.15, 0.2) is 52.9 Å². The van der Waals surface area contributed by atoms with Crippen molar-refractivity contribution in [2.24, 2.45) is 5.10 Å². The Bertz CT molecular complexity index is 535. The van der Waals surface area contributed by atoms with Crippen LogP contribution in [-0.4, -0.2) is 11.7 Å². The van der Waals surface area contributed by atoms with Gasteiger partial charge in [-0.05, 0) is 30.5 Å². The number of amides is 2. The number of nitrogens with zero attached hydrogens (tertiary/aromatic N) is 1. The van der Waals surface area contributed by atoms with Crippen LogP contribution in [0.2, 0.25) is 0 Å². The number of hydrogen-bond donors (Lipinski definition) is 2.